The predicted octanol–water partition coefficient (Wildman–Crippen LogP) is 1.20. The van der Waals surface area contributed by atoms with Crippen molar-refractivity contribution in [3.63, 3.8) is 0 Å². The second kappa shape index (κ2) is 7.52. The van der Waals surface area contributed by atoms with E-state index >= 15 is 4.39 Å². The van der Waals surface area contributed by atoms with Gasteiger partial charge in [-0.2, -0.15) is 9.94 Å². The van der Waals surface area contributed by atoms with Crippen LogP contribution in [0.4, 0.5) is 4.39 Å². The minimum absolute atomic E-state index is 0.0267. The van der Waals surface area contributed by atoms with Crippen molar-refractivity contribution in [3.05, 3.63) is 43.8 Å². The first-order valence-electron chi connectivity index (χ1n) is 10.4. The van der Waals surface area contributed by atoms with Crippen LogP contribution in [-0.4, -0.2) is 28.9 Å². The van der Waals surface area contributed by atoms with Gasteiger partial charge in [0.05, 0.1) is 17.0 Å². The molecule has 2 aliphatic rings. The normalized spacial score (nSPS) is 22.3. The largest absolute Gasteiger partial charge is 0.350 e. The third-order valence-corrected chi connectivity index (χ3v) is 6.53. The molecule has 2 atom stereocenters. The number of halogens is 1. The number of fused-ring (bicyclic) bond motifs is 1. The zero-order valence-corrected chi connectivity index (χ0v) is 17.3. The number of benzene rings is 1. The van der Waals surface area contributed by atoms with E-state index in [1.165, 1.54) is 6.07 Å². The van der Waals surface area contributed by atoms with E-state index < -0.39 is 17.1 Å². The Hall–Kier alpha value is -2.70. The summed E-state index contributed by atoms with van der Waals surface area (Å²) < 4.78 is 17.6. The van der Waals surface area contributed by atoms with Crippen LogP contribution in [0, 0.1) is 29.5 Å². The van der Waals surface area contributed by atoms with Gasteiger partial charge in [-0.25, -0.2) is 9.18 Å². The van der Waals surface area contributed by atoms with Crippen LogP contribution in [0.25, 0.3) is 10.9 Å². The zero-order valence-electron chi connectivity index (χ0n) is 17.3. The molecular weight excluding hydrogens is 387 g/mol. The molecule has 0 radical (unpaired) electrons. The molecule has 0 amide bonds. The summed E-state index contributed by atoms with van der Waals surface area (Å²) >= 11 is 0. The molecule has 4 rings (SSSR count). The quantitative estimate of drug-likeness (QED) is 0.483. The molecule has 1 aliphatic heterocycles. The molecule has 8 nitrogen and oxygen atoms in total. The van der Waals surface area contributed by atoms with Gasteiger partial charge in [-0.3, -0.25) is 9.36 Å². The van der Waals surface area contributed by atoms with Gasteiger partial charge in [0.2, 0.25) is 0 Å². The third-order valence-electron chi connectivity index (χ3n) is 6.53. The van der Waals surface area contributed by atoms with E-state index in [1.54, 1.807) is 11.5 Å². The number of rotatable bonds is 6. The molecule has 2 heterocycles. The Morgan fingerprint density at radius 3 is 2.80 bits per heavy atom. The molecule has 0 spiro atoms. The Kier molecular flexibility index (Phi) is 5.16. The molecule has 1 aliphatic carbocycles. The van der Waals surface area contributed by atoms with Crippen molar-refractivity contribution in [2.45, 2.75) is 51.6 Å². The van der Waals surface area contributed by atoms with Crippen LogP contribution >= 0.6 is 0 Å². The predicted molar refractivity (Wildman–Crippen MR) is 112 cm³/mol. The van der Waals surface area contributed by atoms with Crippen LogP contribution in [0.2, 0.25) is 0 Å². The van der Waals surface area contributed by atoms with Crippen molar-refractivity contribution in [1.82, 2.24) is 19.9 Å². The lowest BCUT2D eigenvalue weighted by Gasteiger charge is -2.36. The summed E-state index contributed by atoms with van der Waals surface area (Å²) in [5.41, 5.74) is -0.0415. The average Bonchev–Trinajstić information content (AvgIpc) is 3.45. The SMILES string of the molecule is Cc1c(C(NCCC#N)C2(C)CCNC2)c(F)cc2c(=O)n(N)c(=O)n(C3CC3)c12. The molecule has 2 fully saturated rings. The Labute approximate surface area is 173 Å². The van der Waals surface area contributed by atoms with Crippen LogP contribution in [0.1, 0.15) is 55.8 Å². The summed E-state index contributed by atoms with van der Waals surface area (Å²) in [5.74, 6) is 5.21. The number of aromatic nitrogens is 2. The van der Waals surface area contributed by atoms with Crippen LogP contribution in [0.5, 0.6) is 0 Å². The van der Waals surface area contributed by atoms with Crippen molar-refractivity contribution < 1.29 is 4.39 Å². The Morgan fingerprint density at radius 2 is 2.20 bits per heavy atom. The summed E-state index contributed by atoms with van der Waals surface area (Å²) in [6, 6.07) is 2.94. The molecule has 1 saturated heterocycles. The van der Waals surface area contributed by atoms with Gasteiger partial charge in [-0.05, 0) is 44.4 Å². The number of nitrogens with one attached hydrogen (secondary N) is 2. The monoisotopic (exact) mass is 414 g/mol. The van der Waals surface area contributed by atoms with Gasteiger partial charge in [-0.1, -0.05) is 6.92 Å². The number of nitrogens with zero attached hydrogens (tertiary/aromatic N) is 3. The van der Waals surface area contributed by atoms with Gasteiger partial charge in [0, 0.05) is 42.6 Å². The standard InChI is InChI=1S/C21H27FN6O2/c1-12-16(18(26-8-3-7-23)21(2)6-9-25-11-21)15(22)10-14-17(12)27(13-4-5-13)20(30)28(24)19(14)29/h10,13,18,25-26H,3-6,8-9,11,24H2,1-2H3. The molecule has 9 heteroatoms. The fourth-order valence-electron chi connectivity index (χ4n) is 4.76. The van der Waals surface area contributed by atoms with E-state index in [2.05, 4.69) is 23.6 Å². The summed E-state index contributed by atoms with van der Waals surface area (Å²) in [7, 11) is 0. The highest BCUT2D eigenvalue weighted by Crippen LogP contribution is 2.43. The number of nitriles is 1. The first kappa shape index (κ1) is 20.6. The molecule has 4 N–H and O–H groups in total. The number of nitrogens with two attached hydrogens (primary N) is 1. The molecule has 2 unspecified atom stereocenters. The highest BCUT2D eigenvalue weighted by molar-refractivity contribution is 5.83. The Morgan fingerprint density at radius 1 is 1.47 bits per heavy atom. The molecule has 160 valence electrons. The van der Waals surface area contributed by atoms with Gasteiger partial charge in [0.25, 0.3) is 5.56 Å². The fourth-order valence-corrected chi connectivity index (χ4v) is 4.76. The van der Waals surface area contributed by atoms with E-state index in [9.17, 15) is 9.59 Å². The maximum absolute atomic E-state index is 15.5. The number of hydrogen-bond donors (Lipinski definition) is 3. The fraction of sp³-hybridized carbons (Fsp3) is 0.571. The Bertz CT molecular complexity index is 1150. The van der Waals surface area contributed by atoms with Crippen molar-refractivity contribution in [1.29, 1.82) is 5.26 Å². The summed E-state index contributed by atoms with van der Waals surface area (Å²) in [5, 5.41) is 15.8. The van der Waals surface area contributed by atoms with E-state index in [4.69, 9.17) is 11.1 Å². The topological polar surface area (TPSA) is 118 Å². The minimum atomic E-state index is -0.691. The van der Waals surface area contributed by atoms with Crippen LogP contribution < -0.4 is 27.7 Å². The first-order chi connectivity index (χ1) is 14.3. The second-order valence-corrected chi connectivity index (χ2v) is 8.73. The summed E-state index contributed by atoms with van der Waals surface area (Å²) in [6.45, 7) is 5.81. The van der Waals surface area contributed by atoms with Gasteiger partial charge >= 0.3 is 5.69 Å². The molecule has 1 aromatic heterocycles. The lowest BCUT2D eigenvalue weighted by atomic mass is 9.76. The van der Waals surface area contributed by atoms with E-state index in [0.717, 1.165) is 25.8 Å². The van der Waals surface area contributed by atoms with Crippen molar-refractivity contribution >= 4 is 10.9 Å². The molecule has 2 aromatic rings. The van der Waals surface area contributed by atoms with Crippen LogP contribution in [-0.2, 0) is 0 Å². The van der Waals surface area contributed by atoms with E-state index in [0.29, 0.717) is 40.8 Å². The van der Waals surface area contributed by atoms with Crippen LogP contribution in [0.15, 0.2) is 15.7 Å². The van der Waals surface area contributed by atoms with E-state index in [1.807, 2.05) is 0 Å². The molecule has 1 saturated carbocycles. The van der Waals surface area contributed by atoms with Gasteiger partial charge in [0.15, 0.2) is 0 Å². The van der Waals surface area contributed by atoms with Gasteiger partial charge in [0.1, 0.15) is 5.82 Å². The lowest BCUT2D eigenvalue weighted by Crippen LogP contribution is -2.45. The van der Waals surface area contributed by atoms with Gasteiger partial charge in [-0.15, -0.1) is 0 Å². The van der Waals surface area contributed by atoms with E-state index in [-0.39, 0.29) is 22.9 Å². The molecule has 1 aromatic carbocycles. The first-order valence-corrected chi connectivity index (χ1v) is 10.4. The highest BCUT2D eigenvalue weighted by Gasteiger charge is 2.40. The van der Waals surface area contributed by atoms with Crippen molar-refractivity contribution in [3.8, 4) is 6.07 Å². The highest BCUT2D eigenvalue weighted by atomic mass is 19.1. The molecular formula is C21H27FN6O2. The summed E-state index contributed by atoms with van der Waals surface area (Å²) in [4.78, 5) is 25.4. The molecule has 0 bridgehead atoms. The zero-order chi connectivity index (χ0) is 21.6. The second-order valence-electron chi connectivity index (χ2n) is 8.73. The Balaban J connectivity index is 1.99. The number of hydrogen-bond acceptors (Lipinski definition) is 6. The molecule has 30 heavy (non-hydrogen) atoms. The third kappa shape index (κ3) is 3.20. The van der Waals surface area contributed by atoms with Crippen LogP contribution in [0.3, 0.4) is 0 Å². The van der Waals surface area contributed by atoms with Crippen molar-refractivity contribution in [2.24, 2.45) is 5.41 Å². The lowest BCUT2D eigenvalue weighted by molar-refractivity contribution is 0.238. The van der Waals surface area contributed by atoms with Crippen molar-refractivity contribution in [2.75, 3.05) is 25.5 Å². The minimum Gasteiger partial charge on any atom is -0.332 e. The number of aryl methyl sites for hydroxylation is 1. The maximum atomic E-state index is 15.5. The maximum Gasteiger partial charge on any atom is 0.350 e. The smallest absolute Gasteiger partial charge is 0.332 e. The van der Waals surface area contributed by atoms with Gasteiger partial charge < -0.3 is 16.5 Å². The summed E-state index contributed by atoms with van der Waals surface area (Å²) in [6.07, 6.45) is 2.79. The average molecular weight is 414 g/mol. The number of nitrogen functional groups attached to an aromatic ring is 1.